The summed E-state index contributed by atoms with van der Waals surface area (Å²) in [6, 6.07) is 33.0. The second-order valence-corrected chi connectivity index (χ2v) is 14.1. The Morgan fingerprint density at radius 1 is 0.528 bits per heavy atom. The van der Waals surface area contributed by atoms with Gasteiger partial charge in [-0.15, -0.1) is 0 Å². The van der Waals surface area contributed by atoms with Gasteiger partial charge in [0.15, 0.2) is 11.5 Å². The molecule has 0 spiro atoms. The van der Waals surface area contributed by atoms with Crippen LogP contribution in [0.5, 0.6) is 11.5 Å². The minimum Gasteiger partial charge on any atom is -0.493 e. The predicted molar refractivity (Wildman–Crippen MR) is 225 cm³/mol. The zero-order valence-corrected chi connectivity index (χ0v) is 33.0. The average molecular weight is 845 g/mol. The highest BCUT2D eigenvalue weighted by atomic mass is 79.9. The van der Waals surface area contributed by atoms with Gasteiger partial charge in [-0.3, -0.25) is 0 Å². The lowest BCUT2D eigenvalue weighted by atomic mass is 10.0. The summed E-state index contributed by atoms with van der Waals surface area (Å²) < 4.78 is 11.8. The summed E-state index contributed by atoms with van der Waals surface area (Å²) in [6.45, 7) is 0. The van der Waals surface area contributed by atoms with Crippen molar-refractivity contribution in [2.45, 2.75) is 0 Å². The topological polar surface area (TPSA) is 75.8 Å². The Morgan fingerprint density at radius 2 is 1.00 bits per heavy atom. The van der Waals surface area contributed by atoms with E-state index in [9.17, 15) is 0 Å². The molecule has 0 unspecified atom stereocenters. The molecule has 7 rings (SSSR count). The number of imidazole rings is 2. The lowest BCUT2D eigenvalue weighted by Crippen LogP contribution is -1.90. The van der Waals surface area contributed by atoms with E-state index in [1.54, 1.807) is 50.9 Å². The standard InChI is InChI=1S/C25H20Cl2N2O2.C17H11BrCl2N2/c1-30-23-11-8-18(13-24(23)31-2)17-6-3-16(4-7-17)5-12-25-28-15-22(29-25)20-10-9-19(26)14-21(20)27;18-12-4-1-11(2-5-12)3-8-17-21-10-16(22-17)14-7-6-13(19)9-15(14)20/h3-15H,1-2H3,(H,28,29);1-10H,(H,21,22)/b12-5+;8-3+. The van der Waals surface area contributed by atoms with Gasteiger partial charge in [0, 0.05) is 25.6 Å². The highest BCUT2D eigenvalue weighted by Gasteiger charge is 2.09. The number of hydrogen-bond donors (Lipinski definition) is 2. The first-order chi connectivity index (χ1) is 25.7. The molecule has 2 heterocycles. The van der Waals surface area contributed by atoms with Crippen LogP contribution in [0.2, 0.25) is 20.1 Å². The summed E-state index contributed by atoms with van der Waals surface area (Å²) in [4.78, 5) is 15.3. The Hall–Kier alpha value is -4.76. The van der Waals surface area contributed by atoms with Crippen LogP contribution >= 0.6 is 62.3 Å². The highest BCUT2D eigenvalue weighted by Crippen LogP contribution is 2.33. The second kappa shape index (κ2) is 17.8. The fourth-order valence-corrected chi connectivity index (χ4v) is 6.54. The molecule has 2 aromatic heterocycles. The van der Waals surface area contributed by atoms with Crippen LogP contribution in [0.1, 0.15) is 22.8 Å². The van der Waals surface area contributed by atoms with E-state index in [2.05, 4.69) is 60.1 Å². The maximum atomic E-state index is 6.28. The summed E-state index contributed by atoms with van der Waals surface area (Å²) in [5.41, 5.74) is 7.75. The number of H-pyrrole nitrogens is 2. The lowest BCUT2D eigenvalue weighted by molar-refractivity contribution is 0.355. The molecule has 0 fully saturated rings. The molecule has 0 radical (unpaired) electrons. The van der Waals surface area contributed by atoms with E-state index in [1.165, 1.54) is 0 Å². The first-order valence-electron chi connectivity index (χ1n) is 16.1. The summed E-state index contributed by atoms with van der Waals surface area (Å²) in [5, 5.41) is 2.39. The quantitative estimate of drug-likeness (QED) is 0.152. The van der Waals surface area contributed by atoms with Crippen LogP contribution in [0.15, 0.2) is 120 Å². The summed E-state index contributed by atoms with van der Waals surface area (Å²) >= 11 is 27.8. The minimum absolute atomic E-state index is 0.581. The van der Waals surface area contributed by atoms with Gasteiger partial charge in [0.2, 0.25) is 0 Å². The number of halogens is 5. The molecule has 53 heavy (non-hydrogen) atoms. The molecule has 0 saturated carbocycles. The van der Waals surface area contributed by atoms with Crippen LogP contribution in [0, 0.1) is 0 Å². The number of rotatable bonds is 9. The van der Waals surface area contributed by atoms with Gasteiger partial charge >= 0.3 is 0 Å². The molecular formula is C42H31BrCl4N4O2. The fourth-order valence-electron chi connectivity index (χ4n) is 5.26. The first-order valence-corrected chi connectivity index (χ1v) is 18.4. The Morgan fingerprint density at radius 3 is 1.47 bits per heavy atom. The van der Waals surface area contributed by atoms with Gasteiger partial charge in [-0.05, 0) is 95.1 Å². The monoisotopic (exact) mass is 842 g/mol. The number of methoxy groups -OCH3 is 2. The van der Waals surface area contributed by atoms with Gasteiger partial charge in [0.25, 0.3) is 0 Å². The molecule has 0 saturated heterocycles. The Labute approximate surface area is 336 Å². The van der Waals surface area contributed by atoms with Gasteiger partial charge < -0.3 is 19.4 Å². The summed E-state index contributed by atoms with van der Waals surface area (Å²) in [6.07, 6.45) is 11.4. The normalized spacial score (nSPS) is 11.2. The lowest BCUT2D eigenvalue weighted by Gasteiger charge is -2.09. The molecule has 6 nitrogen and oxygen atoms in total. The zero-order chi connectivity index (χ0) is 37.3. The molecule has 0 aliphatic heterocycles. The largest absolute Gasteiger partial charge is 0.493 e. The predicted octanol–water partition coefficient (Wildman–Crippen LogP) is 13.6. The van der Waals surface area contributed by atoms with E-state index in [-0.39, 0.29) is 0 Å². The molecule has 0 bridgehead atoms. The van der Waals surface area contributed by atoms with Gasteiger partial charge in [0.1, 0.15) is 11.6 Å². The van der Waals surface area contributed by atoms with Gasteiger partial charge in [0.05, 0.1) is 48.0 Å². The molecule has 7 aromatic rings. The van der Waals surface area contributed by atoms with Crippen molar-refractivity contribution in [3.05, 3.63) is 163 Å². The van der Waals surface area contributed by atoms with E-state index in [0.29, 0.717) is 31.6 Å². The number of aromatic amines is 2. The van der Waals surface area contributed by atoms with E-state index in [0.717, 1.165) is 60.9 Å². The maximum Gasteiger partial charge on any atom is 0.161 e. The van der Waals surface area contributed by atoms with Crippen molar-refractivity contribution in [1.82, 2.24) is 19.9 Å². The molecule has 2 N–H and O–H groups in total. The SMILES string of the molecule is COc1ccc(-c2ccc(/C=C/c3ncc(-c4ccc(Cl)cc4Cl)[nH]3)cc2)cc1OC.Clc1ccc(-c2cnc(/C=C/c3ccc(Br)cc3)[nH]2)c(Cl)c1. The number of ether oxygens (including phenoxy) is 2. The van der Waals surface area contributed by atoms with E-state index in [4.69, 9.17) is 55.9 Å². The molecule has 0 aliphatic rings. The van der Waals surface area contributed by atoms with Crippen molar-refractivity contribution < 1.29 is 9.47 Å². The Kier molecular flexibility index (Phi) is 12.8. The number of hydrogen-bond acceptors (Lipinski definition) is 4. The van der Waals surface area contributed by atoms with Crippen LogP contribution in [-0.4, -0.2) is 34.2 Å². The van der Waals surface area contributed by atoms with Crippen molar-refractivity contribution in [2.24, 2.45) is 0 Å². The van der Waals surface area contributed by atoms with E-state index >= 15 is 0 Å². The van der Waals surface area contributed by atoms with Crippen LogP contribution in [0.4, 0.5) is 0 Å². The van der Waals surface area contributed by atoms with Crippen LogP contribution in [-0.2, 0) is 0 Å². The van der Waals surface area contributed by atoms with Crippen molar-refractivity contribution in [1.29, 1.82) is 0 Å². The molecular weight excluding hydrogens is 814 g/mol. The van der Waals surface area contributed by atoms with E-state index < -0.39 is 0 Å². The van der Waals surface area contributed by atoms with Crippen molar-refractivity contribution in [3.8, 4) is 45.1 Å². The molecule has 266 valence electrons. The van der Waals surface area contributed by atoms with E-state index in [1.807, 2.05) is 78.9 Å². The van der Waals surface area contributed by atoms with Crippen LogP contribution < -0.4 is 9.47 Å². The number of nitrogens with zero attached hydrogens (tertiary/aromatic N) is 2. The van der Waals surface area contributed by atoms with Crippen molar-refractivity contribution in [3.63, 3.8) is 0 Å². The molecule has 11 heteroatoms. The first kappa shape index (κ1) is 38.0. The third-order valence-corrected chi connectivity index (χ3v) is 9.62. The van der Waals surface area contributed by atoms with Crippen molar-refractivity contribution >= 4 is 86.6 Å². The Bertz CT molecular complexity index is 2390. The van der Waals surface area contributed by atoms with Gasteiger partial charge in [-0.1, -0.05) is 117 Å². The number of nitrogens with one attached hydrogen (secondary N) is 2. The van der Waals surface area contributed by atoms with Gasteiger partial charge in [-0.2, -0.15) is 0 Å². The van der Waals surface area contributed by atoms with Gasteiger partial charge in [-0.25, -0.2) is 9.97 Å². The second-order valence-electron chi connectivity index (χ2n) is 11.5. The molecule has 0 atom stereocenters. The Balaban J connectivity index is 0.000000192. The average Bonchev–Trinajstić information content (AvgIpc) is 3.84. The smallest absolute Gasteiger partial charge is 0.161 e. The fraction of sp³-hybridized carbons (Fsp3) is 0.0476. The third-order valence-electron chi connectivity index (χ3n) is 8.00. The number of aromatic nitrogens is 4. The van der Waals surface area contributed by atoms with Crippen LogP contribution in [0.25, 0.3) is 57.9 Å². The summed E-state index contributed by atoms with van der Waals surface area (Å²) in [7, 11) is 3.27. The molecule has 0 aliphatic carbocycles. The minimum atomic E-state index is 0.581. The maximum absolute atomic E-state index is 6.28. The third kappa shape index (κ3) is 10.0. The molecule has 5 aromatic carbocycles. The van der Waals surface area contributed by atoms with Crippen LogP contribution in [0.3, 0.4) is 0 Å². The van der Waals surface area contributed by atoms with Crippen molar-refractivity contribution in [2.75, 3.05) is 14.2 Å². The zero-order valence-electron chi connectivity index (χ0n) is 28.4. The number of benzene rings is 5. The summed E-state index contributed by atoms with van der Waals surface area (Å²) in [5.74, 6) is 2.93. The highest BCUT2D eigenvalue weighted by molar-refractivity contribution is 9.10. The molecule has 0 amide bonds.